The van der Waals surface area contributed by atoms with Crippen molar-refractivity contribution in [3.8, 4) is 10.4 Å². The van der Waals surface area contributed by atoms with Gasteiger partial charge < -0.3 is 0 Å². The van der Waals surface area contributed by atoms with Crippen LogP contribution in [0.2, 0.25) is 4.34 Å². The normalized spacial score (nSPS) is 10.7. The Labute approximate surface area is 95.1 Å². The molecule has 0 aliphatic rings. The van der Waals surface area contributed by atoms with Crippen LogP contribution in [-0.4, -0.2) is 0 Å². The summed E-state index contributed by atoms with van der Waals surface area (Å²) in [6.45, 7) is 1.65. The summed E-state index contributed by atoms with van der Waals surface area (Å²) in [5, 5.41) is 0. The number of rotatable bonds is 1. The highest BCUT2D eigenvalue weighted by Crippen LogP contribution is 2.34. The average molecular weight is 245 g/mol. The number of benzene rings is 1. The monoisotopic (exact) mass is 244 g/mol. The predicted molar refractivity (Wildman–Crippen MR) is 59.4 cm³/mol. The van der Waals surface area contributed by atoms with Gasteiger partial charge in [0.05, 0.1) is 9.90 Å². The molecule has 0 aliphatic carbocycles. The molecule has 0 aliphatic heterocycles. The summed E-state index contributed by atoms with van der Waals surface area (Å²) < 4.78 is 27.6. The third-order valence-electron chi connectivity index (χ3n) is 2.01. The SMILES string of the molecule is Cc1cc(F)c(-c2ccc(Cl)s2)c(F)c1. The van der Waals surface area contributed by atoms with Gasteiger partial charge in [-0.3, -0.25) is 0 Å². The van der Waals surface area contributed by atoms with E-state index in [4.69, 9.17) is 11.6 Å². The van der Waals surface area contributed by atoms with Crippen molar-refractivity contribution in [1.29, 1.82) is 0 Å². The first-order valence-corrected chi connectivity index (χ1v) is 5.49. The van der Waals surface area contributed by atoms with Crippen LogP contribution in [0.4, 0.5) is 8.78 Å². The van der Waals surface area contributed by atoms with Gasteiger partial charge in [-0.25, -0.2) is 8.78 Å². The molecule has 15 heavy (non-hydrogen) atoms. The van der Waals surface area contributed by atoms with Crippen LogP contribution in [0.1, 0.15) is 5.56 Å². The third kappa shape index (κ3) is 2.03. The molecule has 0 spiro atoms. The summed E-state index contributed by atoms with van der Waals surface area (Å²) in [4.78, 5) is 0.509. The first-order valence-electron chi connectivity index (χ1n) is 4.29. The molecule has 0 bridgehead atoms. The van der Waals surface area contributed by atoms with Crippen LogP contribution in [0.3, 0.4) is 0 Å². The molecule has 4 heteroatoms. The Morgan fingerprint density at radius 2 is 1.73 bits per heavy atom. The highest BCUT2D eigenvalue weighted by Gasteiger charge is 2.13. The fraction of sp³-hybridized carbons (Fsp3) is 0.0909. The molecule has 0 amide bonds. The number of thiophene rings is 1. The molecule has 0 unspecified atom stereocenters. The molecule has 1 aromatic carbocycles. The van der Waals surface area contributed by atoms with Crippen molar-refractivity contribution in [1.82, 2.24) is 0 Å². The fourth-order valence-corrected chi connectivity index (χ4v) is 2.48. The summed E-state index contributed by atoms with van der Waals surface area (Å²) in [6, 6.07) is 5.86. The number of hydrogen-bond donors (Lipinski definition) is 0. The minimum atomic E-state index is -0.550. The minimum absolute atomic E-state index is 0.00231. The van der Waals surface area contributed by atoms with Crippen LogP contribution in [0, 0.1) is 18.6 Å². The molecule has 0 N–H and O–H groups in total. The molecular weight excluding hydrogens is 238 g/mol. The quantitative estimate of drug-likeness (QED) is 0.685. The van der Waals surface area contributed by atoms with Gasteiger partial charge in [0.2, 0.25) is 0 Å². The fourth-order valence-electron chi connectivity index (χ4n) is 1.38. The van der Waals surface area contributed by atoms with Gasteiger partial charge >= 0.3 is 0 Å². The van der Waals surface area contributed by atoms with Crippen molar-refractivity contribution in [2.75, 3.05) is 0 Å². The van der Waals surface area contributed by atoms with Crippen LogP contribution < -0.4 is 0 Å². The van der Waals surface area contributed by atoms with Gasteiger partial charge in [-0.05, 0) is 36.8 Å². The lowest BCUT2D eigenvalue weighted by Crippen LogP contribution is -1.89. The maximum atomic E-state index is 13.5. The molecule has 0 fully saturated rings. The van der Waals surface area contributed by atoms with Crippen molar-refractivity contribution in [2.45, 2.75) is 6.92 Å². The van der Waals surface area contributed by atoms with E-state index in [0.717, 1.165) is 11.3 Å². The molecule has 2 aromatic rings. The molecule has 2 rings (SSSR count). The number of hydrogen-bond acceptors (Lipinski definition) is 1. The summed E-state index contributed by atoms with van der Waals surface area (Å²) in [5.74, 6) is -1.10. The van der Waals surface area contributed by atoms with E-state index in [9.17, 15) is 8.78 Å². The molecular formula is C11H7ClF2S. The zero-order chi connectivity index (χ0) is 11.0. The Hall–Kier alpha value is -0.930. The second-order valence-corrected chi connectivity index (χ2v) is 4.92. The Kier molecular flexibility index (Phi) is 2.76. The van der Waals surface area contributed by atoms with Gasteiger partial charge in [0.1, 0.15) is 11.6 Å². The minimum Gasteiger partial charge on any atom is -0.206 e. The van der Waals surface area contributed by atoms with Gasteiger partial charge in [-0.2, -0.15) is 0 Å². The van der Waals surface area contributed by atoms with Gasteiger partial charge in [-0.1, -0.05) is 11.6 Å². The summed E-state index contributed by atoms with van der Waals surface area (Å²) in [5.41, 5.74) is 0.564. The van der Waals surface area contributed by atoms with Crippen molar-refractivity contribution in [3.63, 3.8) is 0 Å². The zero-order valence-electron chi connectivity index (χ0n) is 7.85. The Bertz CT molecular complexity index is 482. The number of halogens is 3. The lowest BCUT2D eigenvalue weighted by Gasteiger charge is -2.03. The third-order valence-corrected chi connectivity index (χ3v) is 3.25. The first kappa shape index (κ1) is 10.6. The highest BCUT2D eigenvalue weighted by molar-refractivity contribution is 7.19. The topological polar surface area (TPSA) is 0 Å². The van der Waals surface area contributed by atoms with E-state index >= 15 is 0 Å². The van der Waals surface area contributed by atoms with Crippen LogP contribution >= 0.6 is 22.9 Å². The molecule has 1 heterocycles. The van der Waals surface area contributed by atoms with Crippen molar-refractivity contribution in [2.24, 2.45) is 0 Å². The predicted octanol–water partition coefficient (Wildman–Crippen LogP) is 4.66. The van der Waals surface area contributed by atoms with Crippen molar-refractivity contribution < 1.29 is 8.78 Å². The molecule has 0 saturated heterocycles. The van der Waals surface area contributed by atoms with Crippen LogP contribution in [-0.2, 0) is 0 Å². The van der Waals surface area contributed by atoms with E-state index in [1.54, 1.807) is 19.1 Å². The van der Waals surface area contributed by atoms with Gasteiger partial charge in [0.15, 0.2) is 0 Å². The van der Waals surface area contributed by atoms with Crippen LogP contribution in [0.5, 0.6) is 0 Å². The van der Waals surface area contributed by atoms with Crippen LogP contribution in [0.15, 0.2) is 24.3 Å². The van der Waals surface area contributed by atoms with E-state index in [-0.39, 0.29) is 5.56 Å². The second-order valence-electron chi connectivity index (χ2n) is 3.21. The molecule has 0 atom stereocenters. The molecule has 1 aromatic heterocycles. The first-order chi connectivity index (χ1) is 7.08. The maximum Gasteiger partial charge on any atom is 0.135 e. The zero-order valence-corrected chi connectivity index (χ0v) is 9.42. The van der Waals surface area contributed by atoms with Gasteiger partial charge in [-0.15, -0.1) is 11.3 Å². The van der Waals surface area contributed by atoms with E-state index < -0.39 is 11.6 Å². The van der Waals surface area contributed by atoms with Crippen molar-refractivity contribution >= 4 is 22.9 Å². The smallest absolute Gasteiger partial charge is 0.135 e. The summed E-state index contributed by atoms with van der Waals surface area (Å²) in [6.07, 6.45) is 0. The van der Waals surface area contributed by atoms with Gasteiger partial charge in [0.25, 0.3) is 0 Å². The van der Waals surface area contributed by atoms with E-state index in [2.05, 4.69) is 0 Å². The Balaban J connectivity index is 2.62. The van der Waals surface area contributed by atoms with Gasteiger partial charge in [0, 0.05) is 4.88 Å². The van der Waals surface area contributed by atoms with E-state index in [1.165, 1.54) is 12.1 Å². The lowest BCUT2D eigenvalue weighted by atomic mass is 10.1. The second kappa shape index (κ2) is 3.91. The van der Waals surface area contributed by atoms with Crippen molar-refractivity contribution in [3.05, 3.63) is 45.8 Å². The summed E-state index contributed by atoms with van der Waals surface area (Å²) >= 11 is 6.88. The largest absolute Gasteiger partial charge is 0.206 e. The molecule has 0 radical (unpaired) electrons. The van der Waals surface area contributed by atoms with E-state index in [0.29, 0.717) is 14.8 Å². The van der Waals surface area contributed by atoms with E-state index in [1.807, 2.05) is 0 Å². The Morgan fingerprint density at radius 3 is 2.20 bits per heavy atom. The standard InChI is InChI=1S/C11H7ClF2S/c1-6-4-7(13)11(8(14)5-6)9-2-3-10(12)15-9/h2-5H,1H3. The Morgan fingerprint density at radius 1 is 1.13 bits per heavy atom. The van der Waals surface area contributed by atoms with Crippen LogP contribution in [0.25, 0.3) is 10.4 Å². The molecule has 0 saturated carbocycles. The maximum absolute atomic E-state index is 13.5. The lowest BCUT2D eigenvalue weighted by molar-refractivity contribution is 0.588. The average Bonchev–Trinajstić information content (AvgIpc) is 2.49. The summed E-state index contributed by atoms with van der Waals surface area (Å²) in [7, 11) is 0. The molecule has 78 valence electrons. The number of aryl methyl sites for hydroxylation is 1. The molecule has 0 nitrogen and oxygen atoms in total. The highest BCUT2D eigenvalue weighted by atomic mass is 35.5.